The first kappa shape index (κ1) is 37.3. The maximum absolute atomic E-state index is 12.5. The predicted molar refractivity (Wildman–Crippen MR) is 150 cm³/mol. The first-order chi connectivity index (χ1) is 20.5. The normalized spacial score (nSPS) is 17.7. The molecule has 1 rings (SSSR count). The maximum atomic E-state index is 12.5. The molecule has 0 saturated carbocycles. The molecular weight excluding hydrogens is 568 g/mol. The second kappa shape index (κ2) is 21.9. The van der Waals surface area contributed by atoms with E-state index < -0.39 is 48.3 Å². The van der Waals surface area contributed by atoms with Gasteiger partial charge in [-0.25, -0.2) is 9.59 Å². The smallest absolute Gasteiger partial charge is 0.330 e. The van der Waals surface area contributed by atoms with Crippen molar-refractivity contribution in [2.24, 2.45) is 5.92 Å². The highest BCUT2D eigenvalue weighted by Crippen LogP contribution is 2.23. The number of hydrogen-bond donors (Lipinski definition) is 0. The van der Waals surface area contributed by atoms with Crippen molar-refractivity contribution in [1.29, 1.82) is 0 Å². The van der Waals surface area contributed by atoms with Gasteiger partial charge in [0.1, 0.15) is 6.10 Å². The molecule has 0 aliphatic carbocycles. The zero-order valence-corrected chi connectivity index (χ0v) is 25.1. The van der Waals surface area contributed by atoms with Gasteiger partial charge in [-0.15, -0.1) is 0 Å². The molecule has 0 spiro atoms. The lowest BCUT2D eigenvalue weighted by molar-refractivity contribution is -0.230. The Labute approximate surface area is 252 Å². The van der Waals surface area contributed by atoms with Crippen LogP contribution in [0.5, 0.6) is 0 Å². The molecule has 0 N–H and O–H groups in total. The van der Waals surface area contributed by atoms with E-state index in [1.807, 2.05) is 0 Å². The van der Waals surface area contributed by atoms with E-state index in [4.69, 9.17) is 33.2 Å². The van der Waals surface area contributed by atoms with Crippen LogP contribution in [0.15, 0.2) is 25.3 Å². The largest absolute Gasteiger partial charge is 0.465 e. The Morgan fingerprint density at radius 3 is 1.58 bits per heavy atom. The molecule has 0 aromatic rings. The van der Waals surface area contributed by atoms with E-state index in [2.05, 4.69) is 13.2 Å². The Kier molecular flexibility index (Phi) is 19.0. The Morgan fingerprint density at radius 1 is 0.674 bits per heavy atom. The first-order valence-electron chi connectivity index (χ1n) is 14.5. The van der Waals surface area contributed by atoms with Crippen LogP contribution >= 0.6 is 0 Å². The number of esters is 6. The van der Waals surface area contributed by atoms with Crippen molar-refractivity contribution in [3.8, 4) is 0 Å². The summed E-state index contributed by atoms with van der Waals surface area (Å²) in [5.74, 6) is -3.29. The van der Waals surface area contributed by atoms with Gasteiger partial charge in [0.2, 0.25) is 6.29 Å². The maximum Gasteiger partial charge on any atom is 0.330 e. The van der Waals surface area contributed by atoms with Crippen molar-refractivity contribution in [1.82, 2.24) is 0 Å². The molecule has 1 aliphatic heterocycles. The molecule has 0 amide bonds. The number of carbonyl (C=O) groups excluding carboxylic acids is 6. The van der Waals surface area contributed by atoms with Crippen LogP contribution in [0.3, 0.4) is 0 Å². The Bertz CT molecular complexity index is 942. The fraction of sp³-hybridized carbons (Fsp3) is 0.667. The standard InChI is InChI=1S/C30H44O13/c1-5-24(31)37-16-10-7-13-26(33)41-22-19-29(43-28(35)15-9-12-18-39-30(36)21(3)4)40-20-23(22)42-27(34)14-8-11-17-38-25(32)6-2/h5-6,21-23,29H,1-2,7-20H2,3-4H3/t22-,23+,29?/m0/s1. The van der Waals surface area contributed by atoms with Gasteiger partial charge in [0.15, 0.2) is 6.10 Å². The van der Waals surface area contributed by atoms with Gasteiger partial charge in [-0.05, 0) is 38.5 Å². The number of unbranched alkanes of at least 4 members (excludes halogenated alkanes) is 3. The van der Waals surface area contributed by atoms with Crippen LogP contribution in [0.4, 0.5) is 0 Å². The highest BCUT2D eigenvalue weighted by molar-refractivity contribution is 5.81. The minimum absolute atomic E-state index is 0.0267. The molecule has 1 unspecified atom stereocenters. The van der Waals surface area contributed by atoms with Crippen molar-refractivity contribution in [3.05, 3.63) is 25.3 Å². The van der Waals surface area contributed by atoms with E-state index in [1.54, 1.807) is 13.8 Å². The molecule has 3 atom stereocenters. The van der Waals surface area contributed by atoms with Gasteiger partial charge in [-0.2, -0.15) is 0 Å². The molecule has 13 nitrogen and oxygen atoms in total. The minimum Gasteiger partial charge on any atom is -0.465 e. The summed E-state index contributed by atoms with van der Waals surface area (Å²) in [6, 6.07) is 0. The second-order valence-electron chi connectivity index (χ2n) is 9.98. The number of hydrogen-bond acceptors (Lipinski definition) is 13. The Hall–Kier alpha value is -3.74. The Balaban J connectivity index is 2.58. The van der Waals surface area contributed by atoms with Gasteiger partial charge in [-0.3, -0.25) is 19.2 Å². The molecule has 13 heteroatoms. The number of ether oxygens (including phenoxy) is 7. The molecule has 0 radical (unpaired) electrons. The van der Waals surface area contributed by atoms with Crippen molar-refractivity contribution >= 4 is 35.8 Å². The SMILES string of the molecule is C=CC(=O)OCCCCC(=O)O[C@H]1CC(OC(=O)CCCCOC(=O)C(C)C)OC[C@H]1OC(=O)CCCCOC(=O)C=C. The average molecular weight is 613 g/mol. The summed E-state index contributed by atoms with van der Waals surface area (Å²) >= 11 is 0. The fourth-order valence-corrected chi connectivity index (χ4v) is 3.61. The average Bonchev–Trinajstić information content (AvgIpc) is 2.97. The molecule has 1 heterocycles. The summed E-state index contributed by atoms with van der Waals surface area (Å²) in [6.45, 7) is 10.4. The minimum atomic E-state index is -1.02. The molecule has 0 aromatic carbocycles. The van der Waals surface area contributed by atoms with E-state index >= 15 is 0 Å². The second-order valence-corrected chi connectivity index (χ2v) is 9.98. The summed E-state index contributed by atoms with van der Waals surface area (Å²) in [5.41, 5.74) is 0. The van der Waals surface area contributed by atoms with Gasteiger partial charge in [0.05, 0.1) is 38.8 Å². The van der Waals surface area contributed by atoms with E-state index in [-0.39, 0.29) is 64.0 Å². The van der Waals surface area contributed by atoms with Crippen molar-refractivity contribution in [3.63, 3.8) is 0 Å². The van der Waals surface area contributed by atoms with Crippen LogP contribution in [0.25, 0.3) is 0 Å². The summed E-state index contributed by atoms with van der Waals surface area (Å²) < 4.78 is 36.9. The van der Waals surface area contributed by atoms with E-state index in [1.165, 1.54) is 0 Å². The highest BCUT2D eigenvalue weighted by Gasteiger charge is 2.38. The van der Waals surface area contributed by atoms with Crippen LogP contribution in [0.1, 0.15) is 78.1 Å². The van der Waals surface area contributed by atoms with Crippen LogP contribution < -0.4 is 0 Å². The molecule has 1 fully saturated rings. The van der Waals surface area contributed by atoms with Crippen LogP contribution in [-0.4, -0.2) is 80.7 Å². The monoisotopic (exact) mass is 612 g/mol. The quantitative estimate of drug-likeness (QED) is 0.0802. The van der Waals surface area contributed by atoms with Crippen LogP contribution in [-0.2, 0) is 61.9 Å². The molecule has 242 valence electrons. The van der Waals surface area contributed by atoms with Crippen molar-refractivity contribution < 1.29 is 61.9 Å². The lowest BCUT2D eigenvalue weighted by atomic mass is 10.1. The first-order valence-corrected chi connectivity index (χ1v) is 14.5. The molecule has 1 aliphatic rings. The van der Waals surface area contributed by atoms with Gasteiger partial charge >= 0.3 is 35.8 Å². The van der Waals surface area contributed by atoms with Gasteiger partial charge in [-0.1, -0.05) is 27.0 Å². The number of rotatable bonds is 21. The summed E-state index contributed by atoms with van der Waals surface area (Å²) in [5, 5.41) is 0. The Morgan fingerprint density at radius 2 is 1.12 bits per heavy atom. The molecular formula is C30H44O13. The lowest BCUT2D eigenvalue weighted by Gasteiger charge is -2.34. The third-order valence-corrected chi connectivity index (χ3v) is 5.98. The summed E-state index contributed by atoms with van der Waals surface area (Å²) in [4.78, 5) is 71.0. The van der Waals surface area contributed by atoms with Gasteiger partial charge in [0, 0.05) is 31.4 Å². The van der Waals surface area contributed by atoms with Crippen LogP contribution in [0.2, 0.25) is 0 Å². The fourth-order valence-electron chi connectivity index (χ4n) is 3.61. The van der Waals surface area contributed by atoms with Gasteiger partial charge in [0.25, 0.3) is 0 Å². The molecule has 0 bridgehead atoms. The molecule has 43 heavy (non-hydrogen) atoms. The zero-order valence-electron chi connectivity index (χ0n) is 25.1. The summed E-state index contributed by atoms with van der Waals surface area (Å²) in [7, 11) is 0. The highest BCUT2D eigenvalue weighted by atomic mass is 16.7. The van der Waals surface area contributed by atoms with E-state index in [9.17, 15) is 28.8 Å². The van der Waals surface area contributed by atoms with Crippen molar-refractivity contribution in [2.75, 3.05) is 26.4 Å². The van der Waals surface area contributed by atoms with Crippen LogP contribution in [0, 0.1) is 5.92 Å². The third-order valence-electron chi connectivity index (χ3n) is 5.98. The van der Waals surface area contributed by atoms with Crippen molar-refractivity contribution in [2.45, 2.75) is 96.6 Å². The number of carbonyl (C=O) groups is 6. The third kappa shape index (κ3) is 17.7. The zero-order chi connectivity index (χ0) is 32.0. The lowest BCUT2D eigenvalue weighted by Crippen LogP contribution is -2.47. The van der Waals surface area contributed by atoms with E-state index in [0.717, 1.165) is 12.2 Å². The predicted octanol–water partition coefficient (Wildman–Crippen LogP) is 3.27. The molecule has 1 saturated heterocycles. The topological polar surface area (TPSA) is 167 Å². The van der Waals surface area contributed by atoms with E-state index in [0.29, 0.717) is 38.5 Å². The summed E-state index contributed by atoms with van der Waals surface area (Å²) in [6.07, 6.45) is 1.90. The molecule has 0 aromatic heterocycles. The van der Waals surface area contributed by atoms with Gasteiger partial charge < -0.3 is 33.2 Å².